The Morgan fingerprint density at radius 2 is 1.68 bits per heavy atom. The lowest BCUT2D eigenvalue weighted by molar-refractivity contribution is -0.123. The van der Waals surface area contributed by atoms with E-state index in [2.05, 4.69) is 36.5 Å². The van der Waals surface area contributed by atoms with Crippen LogP contribution in [-0.4, -0.2) is 18.1 Å². The summed E-state index contributed by atoms with van der Waals surface area (Å²) in [5, 5.41) is 3.07. The SMILES string of the molecule is Cc1ccc(CCCC(=O)NC(C)(C)COCc2ccccc2)cc1. The summed E-state index contributed by atoms with van der Waals surface area (Å²) >= 11 is 0. The van der Waals surface area contributed by atoms with Gasteiger partial charge < -0.3 is 10.1 Å². The first-order valence-electron chi connectivity index (χ1n) is 8.93. The lowest BCUT2D eigenvalue weighted by Gasteiger charge is -2.26. The van der Waals surface area contributed by atoms with Gasteiger partial charge in [-0.2, -0.15) is 0 Å². The van der Waals surface area contributed by atoms with Crippen molar-refractivity contribution < 1.29 is 9.53 Å². The van der Waals surface area contributed by atoms with Crippen molar-refractivity contribution >= 4 is 5.91 Å². The van der Waals surface area contributed by atoms with Crippen molar-refractivity contribution in [2.45, 2.75) is 52.2 Å². The zero-order valence-electron chi connectivity index (χ0n) is 15.5. The average Bonchev–Trinajstić information content (AvgIpc) is 2.57. The highest BCUT2D eigenvalue weighted by molar-refractivity contribution is 5.76. The maximum atomic E-state index is 12.2. The highest BCUT2D eigenvalue weighted by Crippen LogP contribution is 2.10. The van der Waals surface area contributed by atoms with Crippen LogP contribution in [0.5, 0.6) is 0 Å². The van der Waals surface area contributed by atoms with E-state index in [4.69, 9.17) is 4.74 Å². The maximum absolute atomic E-state index is 12.2. The van der Waals surface area contributed by atoms with Crippen molar-refractivity contribution in [2.75, 3.05) is 6.61 Å². The van der Waals surface area contributed by atoms with Crippen LogP contribution in [0.3, 0.4) is 0 Å². The molecule has 134 valence electrons. The fraction of sp³-hybridized carbons (Fsp3) is 0.409. The molecule has 0 aliphatic heterocycles. The van der Waals surface area contributed by atoms with Crippen LogP contribution >= 0.6 is 0 Å². The minimum Gasteiger partial charge on any atom is -0.374 e. The molecule has 0 fully saturated rings. The van der Waals surface area contributed by atoms with Crippen molar-refractivity contribution in [2.24, 2.45) is 0 Å². The first-order valence-corrected chi connectivity index (χ1v) is 8.93. The molecule has 2 rings (SSSR count). The third-order valence-electron chi connectivity index (χ3n) is 4.04. The van der Waals surface area contributed by atoms with E-state index in [-0.39, 0.29) is 11.4 Å². The first kappa shape index (κ1) is 19.2. The molecule has 0 saturated heterocycles. The number of aryl methyl sites for hydroxylation is 2. The summed E-state index contributed by atoms with van der Waals surface area (Å²) in [7, 11) is 0. The van der Waals surface area contributed by atoms with Crippen LogP contribution in [0.1, 0.15) is 43.4 Å². The maximum Gasteiger partial charge on any atom is 0.220 e. The Labute approximate surface area is 151 Å². The van der Waals surface area contributed by atoms with E-state index in [9.17, 15) is 4.79 Å². The lowest BCUT2D eigenvalue weighted by Crippen LogP contribution is -2.46. The molecule has 3 nitrogen and oxygen atoms in total. The van der Waals surface area contributed by atoms with Crippen molar-refractivity contribution in [3.63, 3.8) is 0 Å². The number of hydrogen-bond donors (Lipinski definition) is 1. The first-order chi connectivity index (χ1) is 11.9. The summed E-state index contributed by atoms with van der Waals surface area (Å²) in [6.45, 7) is 7.13. The second kappa shape index (κ2) is 9.38. The topological polar surface area (TPSA) is 38.3 Å². The van der Waals surface area contributed by atoms with Gasteiger partial charge in [0.15, 0.2) is 0 Å². The fourth-order valence-corrected chi connectivity index (χ4v) is 2.68. The van der Waals surface area contributed by atoms with Crippen molar-refractivity contribution in [3.8, 4) is 0 Å². The predicted molar refractivity (Wildman–Crippen MR) is 102 cm³/mol. The molecule has 0 saturated carbocycles. The van der Waals surface area contributed by atoms with Crippen LogP contribution in [0.4, 0.5) is 0 Å². The third kappa shape index (κ3) is 7.53. The molecule has 1 amide bonds. The highest BCUT2D eigenvalue weighted by Gasteiger charge is 2.20. The smallest absolute Gasteiger partial charge is 0.220 e. The van der Waals surface area contributed by atoms with Crippen LogP contribution in [0.15, 0.2) is 54.6 Å². The van der Waals surface area contributed by atoms with Crippen molar-refractivity contribution in [3.05, 3.63) is 71.3 Å². The summed E-state index contributed by atoms with van der Waals surface area (Å²) in [6.07, 6.45) is 2.32. The van der Waals surface area contributed by atoms with E-state index in [1.807, 2.05) is 44.2 Å². The quantitative estimate of drug-likeness (QED) is 0.734. The molecular formula is C22H29NO2. The Kier molecular flexibility index (Phi) is 7.20. The molecule has 1 N–H and O–H groups in total. The summed E-state index contributed by atoms with van der Waals surface area (Å²) in [6, 6.07) is 18.6. The fourth-order valence-electron chi connectivity index (χ4n) is 2.68. The van der Waals surface area contributed by atoms with E-state index in [1.54, 1.807) is 0 Å². The van der Waals surface area contributed by atoms with Crippen LogP contribution < -0.4 is 5.32 Å². The molecule has 0 bridgehead atoms. The molecule has 0 aliphatic carbocycles. The molecule has 0 aromatic heterocycles. The van der Waals surface area contributed by atoms with Crippen LogP contribution in [-0.2, 0) is 22.6 Å². The Morgan fingerprint density at radius 1 is 1.00 bits per heavy atom. The van der Waals surface area contributed by atoms with Gasteiger partial charge in [0, 0.05) is 6.42 Å². The summed E-state index contributed by atoms with van der Waals surface area (Å²) < 4.78 is 5.76. The van der Waals surface area contributed by atoms with Gasteiger partial charge in [-0.15, -0.1) is 0 Å². The van der Waals surface area contributed by atoms with Crippen molar-refractivity contribution in [1.29, 1.82) is 0 Å². The standard InChI is InChI=1S/C22H29NO2/c1-18-12-14-19(15-13-18)10-7-11-21(24)23-22(2,3)17-25-16-20-8-5-4-6-9-20/h4-6,8-9,12-15H,7,10-11,16-17H2,1-3H3,(H,23,24). The Bertz CT molecular complexity index is 647. The minimum absolute atomic E-state index is 0.0837. The predicted octanol–water partition coefficient (Wildman–Crippen LogP) is 4.43. The molecule has 0 atom stereocenters. The van der Waals surface area contributed by atoms with E-state index >= 15 is 0 Å². The molecule has 3 heteroatoms. The van der Waals surface area contributed by atoms with Crippen LogP contribution in [0.25, 0.3) is 0 Å². The molecule has 0 heterocycles. The Hall–Kier alpha value is -2.13. The number of rotatable bonds is 9. The van der Waals surface area contributed by atoms with E-state index in [1.165, 1.54) is 11.1 Å². The Balaban J connectivity index is 1.66. The number of amides is 1. The van der Waals surface area contributed by atoms with Gasteiger partial charge >= 0.3 is 0 Å². The van der Waals surface area contributed by atoms with Gasteiger partial charge in [-0.25, -0.2) is 0 Å². The molecule has 0 unspecified atom stereocenters. The van der Waals surface area contributed by atoms with Gasteiger partial charge in [0.05, 0.1) is 18.8 Å². The average molecular weight is 339 g/mol. The highest BCUT2D eigenvalue weighted by atomic mass is 16.5. The van der Waals surface area contributed by atoms with Gasteiger partial charge in [0.25, 0.3) is 0 Å². The minimum atomic E-state index is -0.365. The summed E-state index contributed by atoms with van der Waals surface area (Å²) in [5.74, 6) is 0.0837. The monoisotopic (exact) mass is 339 g/mol. The van der Waals surface area contributed by atoms with Gasteiger partial charge in [-0.05, 0) is 44.7 Å². The Morgan fingerprint density at radius 3 is 2.36 bits per heavy atom. The number of hydrogen-bond acceptors (Lipinski definition) is 2. The number of nitrogens with one attached hydrogen (secondary N) is 1. The van der Waals surface area contributed by atoms with Crippen molar-refractivity contribution in [1.82, 2.24) is 5.32 Å². The van der Waals surface area contributed by atoms with E-state index < -0.39 is 0 Å². The second-order valence-electron chi connectivity index (χ2n) is 7.25. The number of benzene rings is 2. The third-order valence-corrected chi connectivity index (χ3v) is 4.04. The van der Waals surface area contributed by atoms with Gasteiger partial charge in [-0.1, -0.05) is 60.2 Å². The molecular weight excluding hydrogens is 310 g/mol. The summed E-state index contributed by atoms with van der Waals surface area (Å²) in [5.41, 5.74) is 3.32. The second-order valence-corrected chi connectivity index (χ2v) is 7.25. The molecule has 2 aromatic rings. The number of carbonyl (C=O) groups excluding carboxylic acids is 1. The van der Waals surface area contributed by atoms with Gasteiger partial charge in [0.2, 0.25) is 5.91 Å². The molecule has 25 heavy (non-hydrogen) atoms. The zero-order chi connectivity index (χ0) is 18.1. The van der Waals surface area contributed by atoms with Gasteiger partial charge in [0.1, 0.15) is 0 Å². The summed E-state index contributed by atoms with van der Waals surface area (Å²) in [4.78, 5) is 12.2. The zero-order valence-corrected chi connectivity index (χ0v) is 15.5. The number of ether oxygens (including phenoxy) is 1. The molecule has 0 spiro atoms. The largest absolute Gasteiger partial charge is 0.374 e. The van der Waals surface area contributed by atoms with Crippen LogP contribution in [0.2, 0.25) is 0 Å². The van der Waals surface area contributed by atoms with E-state index in [0.717, 1.165) is 18.4 Å². The van der Waals surface area contributed by atoms with E-state index in [0.29, 0.717) is 19.6 Å². The normalized spacial score (nSPS) is 11.3. The lowest BCUT2D eigenvalue weighted by atomic mass is 10.0. The van der Waals surface area contributed by atoms with Gasteiger partial charge in [-0.3, -0.25) is 4.79 Å². The molecule has 0 radical (unpaired) electrons. The molecule has 0 aliphatic rings. The molecule has 2 aromatic carbocycles. The number of carbonyl (C=O) groups is 1. The van der Waals surface area contributed by atoms with Crippen LogP contribution in [0, 0.1) is 6.92 Å².